The summed E-state index contributed by atoms with van der Waals surface area (Å²) in [5, 5.41) is 5.39. The molecule has 0 spiro atoms. The fraction of sp³-hybridized carbons (Fsp3) is 0.633. The van der Waals surface area contributed by atoms with Gasteiger partial charge in [-0.25, -0.2) is 9.63 Å². The fourth-order valence-electron chi connectivity index (χ4n) is 5.46. The third kappa shape index (κ3) is 7.60. The average Bonchev–Trinajstić information content (AvgIpc) is 3.66. The minimum Gasteiger partial charge on any atom is -0.444 e. The van der Waals surface area contributed by atoms with Gasteiger partial charge in [-0.05, 0) is 54.0 Å². The maximum Gasteiger partial charge on any atom is 0.410 e. The number of fused-ring (bicyclic) bond motifs is 1. The molecule has 1 aromatic carbocycles. The van der Waals surface area contributed by atoms with Crippen LogP contribution in [0.2, 0.25) is 0 Å². The van der Waals surface area contributed by atoms with Gasteiger partial charge in [0, 0.05) is 25.6 Å². The largest absolute Gasteiger partial charge is 0.444 e. The Balaban J connectivity index is 1.49. The van der Waals surface area contributed by atoms with E-state index in [-0.39, 0.29) is 25.4 Å². The predicted octanol–water partition coefficient (Wildman–Crippen LogP) is 2.44. The van der Waals surface area contributed by atoms with Crippen molar-refractivity contribution >= 4 is 41.4 Å². The van der Waals surface area contributed by atoms with E-state index in [1.165, 1.54) is 10.5 Å². The van der Waals surface area contributed by atoms with Crippen molar-refractivity contribution in [2.45, 2.75) is 103 Å². The number of rotatable bonds is 10. The van der Waals surface area contributed by atoms with E-state index in [4.69, 9.17) is 16.5 Å². The highest BCUT2D eigenvalue weighted by Gasteiger charge is 2.46. The summed E-state index contributed by atoms with van der Waals surface area (Å²) in [7, 11) is 0. The topological polar surface area (TPSA) is 137 Å². The monoisotopic (exact) mass is 603 g/mol. The summed E-state index contributed by atoms with van der Waals surface area (Å²) in [5.74, 6) is -2.43. The Morgan fingerprint density at radius 1 is 1.10 bits per heavy atom. The standard InChI is InChI=1S/C30H42ClN5O6/c1-5-8-22(24(37)27(39)32-20-11-12-20)33-26(38)23-15-21(17-36(23)28(40)25(34-31)30(2,3)4)42-29(41)35-14-13-18-9-6-7-10-19(18)16-35/h6-7,9-10,20-23,25,34H,5,8,11-17H2,1-4H3,(H,32,39)(H,33,38)/t21-,22?,23+,25-/m1/s1. The van der Waals surface area contributed by atoms with Gasteiger partial charge >= 0.3 is 6.09 Å². The molecule has 4 amide bonds. The molecule has 3 aliphatic rings. The molecule has 4 rings (SSSR count). The Bertz CT molecular complexity index is 1200. The molecule has 12 heteroatoms. The Morgan fingerprint density at radius 3 is 2.40 bits per heavy atom. The lowest BCUT2D eigenvalue weighted by Gasteiger charge is -2.34. The lowest BCUT2D eigenvalue weighted by molar-refractivity contribution is -0.143. The molecule has 3 N–H and O–H groups in total. The van der Waals surface area contributed by atoms with Crippen LogP contribution in [0, 0.1) is 5.41 Å². The summed E-state index contributed by atoms with van der Waals surface area (Å²) < 4.78 is 5.84. The molecule has 1 unspecified atom stereocenters. The zero-order valence-corrected chi connectivity index (χ0v) is 25.5. The van der Waals surface area contributed by atoms with E-state index in [2.05, 4.69) is 15.5 Å². The van der Waals surface area contributed by atoms with Crippen LogP contribution < -0.4 is 15.5 Å². The van der Waals surface area contributed by atoms with Crippen LogP contribution in [0.5, 0.6) is 0 Å². The van der Waals surface area contributed by atoms with E-state index in [0.29, 0.717) is 25.9 Å². The molecule has 11 nitrogen and oxygen atoms in total. The minimum atomic E-state index is -1.03. The molecule has 1 saturated carbocycles. The van der Waals surface area contributed by atoms with Crippen molar-refractivity contribution < 1.29 is 28.7 Å². The number of Topliss-reactive ketones (excluding diaryl/α,β-unsaturated/α-hetero) is 1. The van der Waals surface area contributed by atoms with Gasteiger partial charge in [-0.1, -0.05) is 58.4 Å². The third-order valence-corrected chi connectivity index (χ3v) is 8.29. The van der Waals surface area contributed by atoms with Gasteiger partial charge in [0.1, 0.15) is 18.2 Å². The van der Waals surface area contributed by atoms with Crippen molar-refractivity contribution in [2.75, 3.05) is 13.1 Å². The lowest BCUT2D eigenvalue weighted by Crippen LogP contribution is -2.57. The van der Waals surface area contributed by atoms with Crippen LogP contribution in [0.15, 0.2) is 24.3 Å². The Labute approximate surface area is 252 Å². The van der Waals surface area contributed by atoms with Gasteiger partial charge in [0.2, 0.25) is 17.6 Å². The van der Waals surface area contributed by atoms with Gasteiger partial charge in [0.25, 0.3) is 5.91 Å². The first-order valence-electron chi connectivity index (χ1n) is 14.8. The number of carbonyl (C=O) groups excluding carboxylic acids is 5. The second-order valence-electron chi connectivity index (χ2n) is 12.6. The summed E-state index contributed by atoms with van der Waals surface area (Å²) >= 11 is 5.99. The second-order valence-corrected chi connectivity index (χ2v) is 12.8. The number of hydrogen-bond acceptors (Lipinski definition) is 7. The van der Waals surface area contributed by atoms with Crippen LogP contribution in [0.3, 0.4) is 0 Å². The number of hydrogen-bond donors (Lipinski definition) is 3. The zero-order valence-electron chi connectivity index (χ0n) is 24.8. The number of ketones is 1. The van der Waals surface area contributed by atoms with E-state index < -0.39 is 59.2 Å². The summed E-state index contributed by atoms with van der Waals surface area (Å²) in [6, 6.07) is 5.05. The van der Waals surface area contributed by atoms with Gasteiger partial charge in [0.15, 0.2) is 0 Å². The highest BCUT2D eigenvalue weighted by molar-refractivity contribution is 6.38. The summed E-state index contributed by atoms with van der Waals surface area (Å²) in [5.41, 5.74) is 1.66. The SMILES string of the molecule is CCCC(NC(=O)[C@@H]1C[C@@H](OC(=O)N2CCc3ccccc3C2)CN1C(=O)[C@@H](NCl)C(C)(C)C)C(=O)C(=O)NC1CC1. The minimum absolute atomic E-state index is 0.00332. The molecule has 0 aromatic heterocycles. The van der Waals surface area contributed by atoms with Crippen LogP contribution >= 0.6 is 11.8 Å². The zero-order chi connectivity index (χ0) is 30.6. The molecule has 1 saturated heterocycles. The number of nitrogens with one attached hydrogen (secondary N) is 3. The van der Waals surface area contributed by atoms with Crippen LogP contribution in [0.4, 0.5) is 4.79 Å². The molecular formula is C30H42ClN5O6. The van der Waals surface area contributed by atoms with E-state index in [9.17, 15) is 24.0 Å². The molecular weight excluding hydrogens is 562 g/mol. The van der Waals surface area contributed by atoms with Crippen molar-refractivity contribution in [3.05, 3.63) is 35.4 Å². The van der Waals surface area contributed by atoms with E-state index in [1.54, 1.807) is 4.90 Å². The number of carbonyl (C=O) groups is 5. The van der Waals surface area contributed by atoms with Crippen LogP contribution in [-0.4, -0.2) is 82.8 Å². The lowest BCUT2D eigenvalue weighted by atomic mass is 9.86. The van der Waals surface area contributed by atoms with Gasteiger partial charge in [-0.2, -0.15) is 0 Å². The van der Waals surface area contributed by atoms with Crippen molar-refractivity contribution in [1.29, 1.82) is 0 Å². The van der Waals surface area contributed by atoms with Crippen LogP contribution in [0.25, 0.3) is 0 Å². The molecule has 1 aliphatic carbocycles. The third-order valence-electron chi connectivity index (χ3n) is 8.07. The number of ether oxygens (including phenoxy) is 1. The first-order chi connectivity index (χ1) is 19.9. The number of halogens is 1. The number of amides is 4. The normalized spacial score (nSPS) is 21.6. The number of benzene rings is 1. The van der Waals surface area contributed by atoms with Crippen LogP contribution in [-0.2, 0) is 36.9 Å². The summed E-state index contributed by atoms with van der Waals surface area (Å²) in [4.78, 5) is 71.4. The summed E-state index contributed by atoms with van der Waals surface area (Å²) in [6.45, 7) is 8.29. The predicted molar refractivity (Wildman–Crippen MR) is 156 cm³/mol. The van der Waals surface area contributed by atoms with E-state index >= 15 is 0 Å². The van der Waals surface area contributed by atoms with E-state index in [0.717, 1.165) is 18.4 Å². The van der Waals surface area contributed by atoms with Gasteiger partial charge in [-0.15, -0.1) is 0 Å². The molecule has 2 fully saturated rings. The number of likely N-dealkylation sites (tertiary alicyclic amines) is 1. The maximum atomic E-state index is 13.7. The second kappa shape index (κ2) is 13.4. The molecule has 2 heterocycles. The van der Waals surface area contributed by atoms with Crippen LogP contribution in [0.1, 0.15) is 70.9 Å². The fourth-order valence-corrected chi connectivity index (χ4v) is 5.88. The van der Waals surface area contributed by atoms with Crippen molar-refractivity contribution in [2.24, 2.45) is 5.41 Å². The van der Waals surface area contributed by atoms with Crippen molar-refractivity contribution in [3.63, 3.8) is 0 Å². The Kier molecular flexibility index (Phi) is 10.1. The first-order valence-corrected chi connectivity index (χ1v) is 15.1. The van der Waals surface area contributed by atoms with E-state index in [1.807, 2.05) is 52.0 Å². The molecule has 2 aliphatic heterocycles. The number of nitrogens with zero attached hydrogens (tertiary/aromatic N) is 2. The molecule has 230 valence electrons. The highest BCUT2D eigenvalue weighted by Crippen LogP contribution is 2.29. The Hall–Kier alpha value is -3.18. The van der Waals surface area contributed by atoms with Crippen molar-refractivity contribution in [1.82, 2.24) is 25.3 Å². The average molecular weight is 604 g/mol. The highest BCUT2D eigenvalue weighted by atomic mass is 35.5. The smallest absolute Gasteiger partial charge is 0.410 e. The maximum absolute atomic E-state index is 13.7. The van der Waals surface area contributed by atoms with Gasteiger partial charge in [0.05, 0.1) is 12.6 Å². The first kappa shape index (κ1) is 31.7. The molecule has 1 aromatic rings. The molecule has 4 atom stereocenters. The van der Waals surface area contributed by atoms with Gasteiger partial charge < -0.3 is 25.2 Å². The molecule has 0 bridgehead atoms. The van der Waals surface area contributed by atoms with Gasteiger partial charge in [-0.3, -0.25) is 19.2 Å². The molecule has 0 radical (unpaired) electrons. The quantitative estimate of drug-likeness (QED) is 0.276. The Morgan fingerprint density at radius 2 is 1.79 bits per heavy atom. The molecule has 42 heavy (non-hydrogen) atoms. The van der Waals surface area contributed by atoms with Crippen molar-refractivity contribution in [3.8, 4) is 0 Å². The summed E-state index contributed by atoms with van der Waals surface area (Å²) in [6.07, 6.45) is 1.99.